The van der Waals surface area contributed by atoms with Crippen molar-refractivity contribution >= 4 is 10.9 Å². The molecule has 0 spiro atoms. The third-order valence-electron chi connectivity index (χ3n) is 3.44. The smallest absolute Gasteiger partial charge is 0.189 e. The first-order chi connectivity index (χ1) is 8.76. The summed E-state index contributed by atoms with van der Waals surface area (Å²) in [6.45, 7) is 8.41. The van der Waals surface area contributed by atoms with Crippen molar-refractivity contribution in [3.05, 3.63) is 46.8 Å². The van der Waals surface area contributed by atoms with Crippen LogP contribution in [-0.2, 0) is 6.54 Å². The Morgan fingerprint density at radius 2 is 1.83 bits per heavy atom. The first-order valence-corrected chi connectivity index (χ1v) is 6.56. The van der Waals surface area contributed by atoms with Crippen molar-refractivity contribution in [3.8, 4) is 0 Å². The molecule has 0 unspecified atom stereocenters. The summed E-state index contributed by atoms with van der Waals surface area (Å²) in [4.78, 5) is 14.1. The fraction of sp³-hybridized carbons (Fsp3) is 0.400. The fourth-order valence-electron chi connectivity index (χ4n) is 2.24. The van der Waals surface area contributed by atoms with Crippen LogP contribution in [0.3, 0.4) is 0 Å². The van der Waals surface area contributed by atoms with E-state index in [-0.39, 0.29) is 5.43 Å². The predicted octanol–water partition coefficient (Wildman–Crippen LogP) is 2.34. The van der Waals surface area contributed by atoms with E-state index in [9.17, 15) is 4.79 Å². The zero-order valence-electron chi connectivity index (χ0n) is 11.1. The van der Waals surface area contributed by atoms with E-state index >= 15 is 0 Å². The molecule has 1 aromatic heterocycles. The molecular formula is C15H20N2O. The van der Waals surface area contributed by atoms with Crippen LogP contribution in [0.2, 0.25) is 0 Å². The van der Waals surface area contributed by atoms with Crippen molar-refractivity contribution < 1.29 is 0 Å². The molecular weight excluding hydrogens is 224 g/mol. The van der Waals surface area contributed by atoms with Crippen LogP contribution in [0.1, 0.15) is 13.8 Å². The summed E-state index contributed by atoms with van der Waals surface area (Å²) in [5.74, 6) is 0. The maximum Gasteiger partial charge on any atom is 0.189 e. The highest BCUT2D eigenvalue weighted by Gasteiger charge is 2.03. The lowest BCUT2D eigenvalue weighted by Crippen LogP contribution is -2.27. The Labute approximate surface area is 108 Å². The predicted molar refractivity (Wildman–Crippen MR) is 76.0 cm³/mol. The van der Waals surface area contributed by atoms with Crippen LogP contribution >= 0.6 is 0 Å². The third-order valence-corrected chi connectivity index (χ3v) is 3.44. The van der Waals surface area contributed by atoms with Gasteiger partial charge in [0.05, 0.1) is 5.52 Å². The minimum atomic E-state index is 0.102. The summed E-state index contributed by atoms with van der Waals surface area (Å²) in [5.41, 5.74) is 1.13. The zero-order chi connectivity index (χ0) is 13.0. The number of aromatic nitrogens is 1. The number of pyridine rings is 1. The SMILES string of the molecule is CCN(CC)CCn1ccc(=O)c2ccccc21. The fourth-order valence-corrected chi connectivity index (χ4v) is 2.24. The van der Waals surface area contributed by atoms with Gasteiger partial charge in [0.2, 0.25) is 0 Å². The van der Waals surface area contributed by atoms with Gasteiger partial charge in [-0.1, -0.05) is 26.0 Å². The zero-order valence-corrected chi connectivity index (χ0v) is 11.1. The van der Waals surface area contributed by atoms with Crippen molar-refractivity contribution in [2.75, 3.05) is 19.6 Å². The average Bonchev–Trinajstić information content (AvgIpc) is 2.42. The van der Waals surface area contributed by atoms with Crippen molar-refractivity contribution in [3.63, 3.8) is 0 Å². The number of benzene rings is 1. The van der Waals surface area contributed by atoms with E-state index in [0.717, 1.165) is 37.1 Å². The summed E-state index contributed by atoms with van der Waals surface area (Å²) < 4.78 is 2.16. The molecule has 96 valence electrons. The van der Waals surface area contributed by atoms with Crippen molar-refractivity contribution in [1.29, 1.82) is 0 Å². The topological polar surface area (TPSA) is 25.2 Å². The maximum absolute atomic E-state index is 11.8. The number of nitrogens with zero attached hydrogens (tertiary/aromatic N) is 2. The third kappa shape index (κ3) is 2.62. The van der Waals surface area contributed by atoms with E-state index in [4.69, 9.17) is 0 Å². The molecule has 0 aliphatic rings. The van der Waals surface area contributed by atoms with Crippen LogP contribution in [0.5, 0.6) is 0 Å². The normalized spacial score (nSPS) is 11.3. The largest absolute Gasteiger partial charge is 0.346 e. The van der Waals surface area contributed by atoms with E-state index in [1.807, 2.05) is 30.5 Å². The van der Waals surface area contributed by atoms with E-state index in [0.29, 0.717) is 0 Å². The van der Waals surface area contributed by atoms with Crippen molar-refractivity contribution in [1.82, 2.24) is 9.47 Å². The highest BCUT2D eigenvalue weighted by atomic mass is 16.1. The number of fused-ring (bicyclic) bond motifs is 1. The second-order valence-corrected chi connectivity index (χ2v) is 4.42. The van der Waals surface area contributed by atoms with E-state index in [2.05, 4.69) is 23.3 Å². The van der Waals surface area contributed by atoms with Crippen molar-refractivity contribution in [2.45, 2.75) is 20.4 Å². The molecule has 18 heavy (non-hydrogen) atoms. The Kier molecular flexibility index (Phi) is 4.15. The summed E-state index contributed by atoms with van der Waals surface area (Å²) in [6.07, 6.45) is 1.90. The Bertz CT molecular complexity index is 570. The minimum Gasteiger partial charge on any atom is -0.346 e. The van der Waals surface area contributed by atoms with Gasteiger partial charge in [0, 0.05) is 30.7 Å². The maximum atomic E-state index is 11.8. The molecule has 0 aliphatic heterocycles. The molecule has 0 saturated heterocycles. The Balaban J connectivity index is 2.29. The van der Waals surface area contributed by atoms with Gasteiger partial charge in [-0.3, -0.25) is 4.79 Å². The van der Waals surface area contributed by atoms with Gasteiger partial charge in [-0.05, 0) is 25.2 Å². The van der Waals surface area contributed by atoms with E-state index < -0.39 is 0 Å². The van der Waals surface area contributed by atoms with Gasteiger partial charge in [0.1, 0.15) is 0 Å². The highest BCUT2D eigenvalue weighted by Crippen LogP contribution is 2.09. The van der Waals surface area contributed by atoms with Crippen LogP contribution in [0.25, 0.3) is 10.9 Å². The molecule has 0 saturated carbocycles. The lowest BCUT2D eigenvalue weighted by atomic mass is 10.2. The number of para-hydroxylation sites is 1. The number of likely N-dealkylation sites (N-methyl/N-ethyl adjacent to an activating group) is 1. The van der Waals surface area contributed by atoms with Gasteiger partial charge in [0.15, 0.2) is 5.43 Å². The number of hydrogen-bond donors (Lipinski definition) is 0. The molecule has 3 heteroatoms. The van der Waals surface area contributed by atoms with E-state index in [1.165, 1.54) is 0 Å². The standard InChI is InChI=1S/C15H20N2O/c1-3-16(4-2)11-12-17-10-9-15(18)13-7-5-6-8-14(13)17/h5-10H,3-4,11-12H2,1-2H3. The van der Waals surface area contributed by atoms with Gasteiger partial charge in [-0.25, -0.2) is 0 Å². The monoisotopic (exact) mass is 244 g/mol. The summed E-state index contributed by atoms with van der Waals surface area (Å²) in [6, 6.07) is 9.46. The molecule has 0 atom stereocenters. The number of hydrogen-bond acceptors (Lipinski definition) is 2. The van der Waals surface area contributed by atoms with Gasteiger partial charge in [0.25, 0.3) is 0 Å². The molecule has 0 N–H and O–H groups in total. The molecule has 0 radical (unpaired) electrons. The Hall–Kier alpha value is -1.61. The van der Waals surface area contributed by atoms with Crippen LogP contribution in [0.4, 0.5) is 0 Å². The molecule has 2 aromatic rings. The summed E-state index contributed by atoms with van der Waals surface area (Å²) in [5, 5.41) is 0.805. The average molecular weight is 244 g/mol. The lowest BCUT2D eigenvalue weighted by Gasteiger charge is -2.19. The van der Waals surface area contributed by atoms with Gasteiger partial charge >= 0.3 is 0 Å². The second kappa shape index (κ2) is 5.83. The van der Waals surface area contributed by atoms with Crippen LogP contribution in [0.15, 0.2) is 41.3 Å². The molecule has 3 nitrogen and oxygen atoms in total. The first-order valence-electron chi connectivity index (χ1n) is 6.56. The quantitative estimate of drug-likeness (QED) is 0.806. The van der Waals surface area contributed by atoms with Crippen molar-refractivity contribution in [2.24, 2.45) is 0 Å². The van der Waals surface area contributed by atoms with Crippen LogP contribution in [-0.4, -0.2) is 29.1 Å². The molecule has 1 aromatic carbocycles. The molecule has 0 bridgehead atoms. The van der Waals surface area contributed by atoms with Crippen LogP contribution in [0, 0.1) is 0 Å². The first kappa shape index (κ1) is 12.8. The molecule has 0 fully saturated rings. The molecule has 2 rings (SSSR count). The summed E-state index contributed by atoms with van der Waals surface area (Å²) in [7, 11) is 0. The van der Waals surface area contributed by atoms with Gasteiger partial charge in [-0.2, -0.15) is 0 Å². The van der Waals surface area contributed by atoms with Gasteiger partial charge in [-0.15, -0.1) is 0 Å². The lowest BCUT2D eigenvalue weighted by molar-refractivity contribution is 0.292. The second-order valence-electron chi connectivity index (χ2n) is 4.42. The molecule has 1 heterocycles. The Morgan fingerprint density at radius 3 is 2.56 bits per heavy atom. The van der Waals surface area contributed by atoms with Crippen LogP contribution < -0.4 is 5.43 Å². The number of rotatable bonds is 5. The molecule has 0 amide bonds. The highest BCUT2D eigenvalue weighted by molar-refractivity contribution is 5.78. The molecule has 0 aliphatic carbocycles. The van der Waals surface area contributed by atoms with Gasteiger partial charge < -0.3 is 9.47 Å². The summed E-state index contributed by atoms with van der Waals surface area (Å²) >= 11 is 0. The van der Waals surface area contributed by atoms with E-state index in [1.54, 1.807) is 6.07 Å². The minimum absolute atomic E-state index is 0.102. The Morgan fingerprint density at radius 1 is 1.11 bits per heavy atom.